The zero-order valence-corrected chi connectivity index (χ0v) is 13.6. The Morgan fingerprint density at radius 1 is 1.43 bits per heavy atom. The maximum absolute atomic E-state index is 12.0. The van der Waals surface area contributed by atoms with Gasteiger partial charge in [-0.3, -0.25) is 0 Å². The van der Waals surface area contributed by atoms with Gasteiger partial charge in [0.05, 0.1) is 24.1 Å². The van der Waals surface area contributed by atoms with Crippen molar-refractivity contribution in [3.63, 3.8) is 0 Å². The van der Waals surface area contributed by atoms with Gasteiger partial charge in [-0.05, 0) is 31.2 Å². The summed E-state index contributed by atoms with van der Waals surface area (Å²) in [6.45, 7) is 1.79. The van der Waals surface area contributed by atoms with E-state index >= 15 is 0 Å². The molecule has 1 heterocycles. The number of halogens is 1. The molecule has 0 radical (unpaired) electrons. The number of methoxy groups -OCH3 is 1. The largest absolute Gasteiger partial charge is 0.497 e. The molecule has 3 N–H and O–H groups in total. The molecular weight excluding hydrogens is 320 g/mol. The third kappa shape index (κ3) is 4.91. The van der Waals surface area contributed by atoms with Crippen LogP contribution in [0.25, 0.3) is 0 Å². The van der Waals surface area contributed by atoms with E-state index in [9.17, 15) is 9.90 Å². The molecule has 23 heavy (non-hydrogen) atoms. The third-order valence-electron chi connectivity index (χ3n) is 3.25. The first-order valence-corrected chi connectivity index (χ1v) is 7.50. The number of furan rings is 1. The fourth-order valence-electron chi connectivity index (χ4n) is 2.10. The Morgan fingerprint density at radius 3 is 2.87 bits per heavy atom. The zero-order chi connectivity index (χ0) is 16.8. The zero-order valence-electron chi connectivity index (χ0n) is 12.9. The number of aliphatic hydroxyl groups excluding tert-OH is 1. The minimum Gasteiger partial charge on any atom is -0.497 e. The van der Waals surface area contributed by atoms with Crippen molar-refractivity contribution in [2.45, 2.75) is 25.5 Å². The van der Waals surface area contributed by atoms with Crippen LogP contribution >= 0.6 is 11.6 Å². The summed E-state index contributed by atoms with van der Waals surface area (Å²) in [6, 6.07) is 7.68. The van der Waals surface area contributed by atoms with Gasteiger partial charge in [0, 0.05) is 18.5 Å². The van der Waals surface area contributed by atoms with Crippen LogP contribution in [0.15, 0.2) is 41.0 Å². The van der Waals surface area contributed by atoms with E-state index in [2.05, 4.69) is 10.6 Å². The number of hydrogen-bond donors (Lipinski definition) is 3. The lowest BCUT2D eigenvalue weighted by Gasteiger charge is -2.17. The van der Waals surface area contributed by atoms with Gasteiger partial charge in [0.1, 0.15) is 17.6 Å². The second-order valence-corrected chi connectivity index (χ2v) is 5.52. The molecular formula is C16H19ClN2O4. The summed E-state index contributed by atoms with van der Waals surface area (Å²) in [4.78, 5) is 12.0. The monoisotopic (exact) mass is 338 g/mol. The summed E-state index contributed by atoms with van der Waals surface area (Å²) in [5.74, 6) is 1.06. The lowest BCUT2D eigenvalue weighted by Crippen LogP contribution is -2.37. The highest BCUT2D eigenvalue weighted by atomic mass is 35.5. The maximum atomic E-state index is 12.0. The molecule has 0 aliphatic carbocycles. The van der Waals surface area contributed by atoms with Crippen molar-refractivity contribution in [2.24, 2.45) is 0 Å². The Hall–Kier alpha value is -2.18. The van der Waals surface area contributed by atoms with Crippen LogP contribution in [0.5, 0.6) is 5.75 Å². The average Bonchev–Trinajstić information content (AvgIpc) is 3.03. The van der Waals surface area contributed by atoms with Crippen LogP contribution in [-0.2, 0) is 0 Å². The Labute approximate surface area is 139 Å². The fraction of sp³-hybridized carbons (Fsp3) is 0.312. The van der Waals surface area contributed by atoms with Crippen LogP contribution in [0.3, 0.4) is 0 Å². The molecule has 0 bridgehead atoms. The Kier molecular flexibility index (Phi) is 5.90. The number of urea groups is 1. The van der Waals surface area contributed by atoms with Gasteiger partial charge in [-0.15, -0.1) is 0 Å². The third-order valence-corrected chi connectivity index (χ3v) is 3.58. The second kappa shape index (κ2) is 7.89. The van der Waals surface area contributed by atoms with Gasteiger partial charge in [0.15, 0.2) is 0 Å². The molecule has 7 heteroatoms. The summed E-state index contributed by atoms with van der Waals surface area (Å²) in [6.07, 6.45) is 1.04. The first-order chi connectivity index (χ1) is 11.0. The summed E-state index contributed by atoms with van der Waals surface area (Å²) in [5, 5.41) is 15.8. The molecule has 2 aromatic rings. The average molecular weight is 339 g/mol. The van der Waals surface area contributed by atoms with E-state index < -0.39 is 12.1 Å². The second-order valence-electron chi connectivity index (χ2n) is 5.11. The van der Waals surface area contributed by atoms with Crippen molar-refractivity contribution in [3.8, 4) is 5.75 Å². The Balaban J connectivity index is 1.89. The fourth-order valence-corrected chi connectivity index (χ4v) is 2.26. The van der Waals surface area contributed by atoms with E-state index in [1.807, 2.05) is 0 Å². The summed E-state index contributed by atoms with van der Waals surface area (Å²) < 4.78 is 10.2. The molecule has 0 spiro atoms. The van der Waals surface area contributed by atoms with E-state index in [4.69, 9.17) is 20.8 Å². The maximum Gasteiger partial charge on any atom is 0.319 e. The standard InChI is InChI=1S/C16H19ClN2O4/c1-10(8-14(20)15-4-3-7-23-15)18-16(21)19-13-9-11(22-2)5-6-12(13)17/h3-7,9-10,14,20H,8H2,1-2H3,(H2,18,19,21). The highest BCUT2D eigenvalue weighted by Crippen LogP contribution is 2.26. The topological polar surface area (TPSA) is 83.7 Å². The van der Waals surface area contributed by atoms with Crippen LogP contribution in [0.4, 0.5) is 10.5 Å². The molecule has 2 amide bonds. The van der Waals surface area contributed by atoms with E-state index in [0.29, 0.717) is 28.6 Å². The lowest BCUT2D eigenvalue weighted by molar-refractivity contribution is 0.130. The van der Waals surface area contributed by atoms with E-state index in [-0.39, 0.29) is 6.04 Å². The highest BCUT2D eigenvalue weighted by molar-refractivity contribution is 6.33. The quantitative estimate of drug-likeness (QED) is 0.751. The van der Waals surface area contributed by atoms with Gasteiger partial charge >= 0.3 is 6.03 Å². The van der Waals surface area contributed by atoms with E-state index in [0.717, 1.165) is 0 Å². The molecule has 0 fully saturated rings. The first-order valence-electron chi connectivity index (χ1n) is 7.12. The van der Waals surface area contributed by atoms with Crippen molar-refractivity contribution in [3.05, 3.63) is 47.4 Å². The highest BCUT2D eigenvalue weighted by Gasteiger charge is 2.17. The predicted octanol–water partition coefficient (Wildman–Crippen LogP) is 3.58. The van der Waals surface area contributed by atoms with Crippen molar-refractivity contribution < 1.29 is 19.1 Å². The molecule has 0 saturated heterocycles. The summed E-state index contributed by atoms with van der Waals surface area (Å²) in [7, 11) is 1.53. The van der Waals surface area contributed by atoms with Crippen molar-refractivity contribution in [2.75, 3.05) is 12.4 Å². The number of anilines is 1. The molecule has 124 valence electrons. The molecule has 2 atom stereocenters. The molecule has 6 nitrogen and oxygen atoms in total. The van der Waals surface area contributed by atoms with Crippen molar-refractivity contribution in [1.29, 1.82) is 0 Å². The van der Waals surface area contributed by atoms with E-state index in [1.54, 1.807) is 37.3 Å². The normalized spacial score (nSPS) is 13.2. The SMILES string of the molecule is COc1ccc(Cl)c(NC(=O)NC(C)CC(O)c2ccco2)c1. The molecule has 0 aliphatic heterocycles. The molecule has 2 unspecified atom stereocenters. The van der Waals surface area contributed by atoms with Crippen LogP contribution < -0.4 is 15.4 Å². The van der Waals surface area contributed by atoms with Gasteiger partial charge in [0.2, 0.25) is 0 Å². The van der Waals surface area contributed by atoms with Crippen LogP contribution in [-0.4, -0.2) is 24.3 Å². The minimum absolute atomic E-state index is 0.264. The minimum atomic E-state index is -0.777. The van der Waals surface area contributed by atoms with Crippen LogP contribution in [0.2, 0.25) is 5.02 Å². The molecule has 2 rings (SSSR count). The van der Waals surface area contributed by atoms with E-state index in [1.165, 1.54) is 13.4 Å². The first kappa shape index (κ1) is 17.2. The molecule has 1 aromatic carbocycles. The van der Waals surface area contributed by atoms with Gasteiger partial charge in [-0.1, -0.05) is 11.6 Å². The number of amides is 2. The Bertz CT molecular complexity index is 646. The summed E-state index contributed by atoms with van der Waals surface area (Å²) in [5.41, 5.74) is 0.447. The van der Waals surface area contributed by atoms with Gasteiger partial charge < -0.3 is 24.9 Å². The number of carbonyl (C=O) groups excluding carboxylic acids is 1. The van der Waals surface area contributed by atoms with Gasteiger partial charge in [0.25, 0.3) is 0 Å². The number of hydrogen-bond acceptors (Lipinski definition) is 4. The number of ether oxygens (including phenoxy) is 1. The number of carbonyl (C=O) groups is 1. The number of rotatable bonds is 6. The van der Waals surface area contributed by atoms with Crippen molar-refractivity contribution >= 4 is 23.3 Å². The van der Waals surface area contributed by atoms with Crippen LogP contribution in [0, 0.1) is 0 Å². The Morgan fingerprint density at radius 2 is 2.22 bits per heavy atom. The number of benzene rings is 1. The lowest BCUT2D eigenvalue weighted by atomic mass is 10.1. The predicted molar refractivity (Wildman–Crippen MR) is 87.9 cm³/mol. The number of nitrogens with one attached hydrogen (secondary N) is 2. The molecule has 0 saturated carbocycles. The summed E-state index contributed by atoms with van der Waals surface area (Å²) >= 11 is 6.04. The van der Waals surface area contributed by atoms with Gasteiger partial charge in [-0.2, -0.15) is 0 Å². The van der Waals surface area contributed by atoms with Crippen LogP contribution in [0.1, 0.15) is 25.2 Å². The molecule has 0 aliphatic rings. The molecule has 1 aromatic heterocycles. The smallest absolute Gasteiger partial charge is 0.319 e. The van der Waals surface area contributed by atoms with Gasteiger partial charge in [-0.25, -0.2) is 4.79 Å². The van der Waals surface area contributed by atoms with Crippen molar-refractivity contribution in [1.82, 2.24) is 5.32 Å². The number of aliphatic hydroxyl groups is 1.